The minimum absolute atomic E-state index is 0.284. The van der Waals surface area contributed by atoms with Gasteiger partial charge in [-0.25, -0.2) is 0 Å². The van der Waals surface area contributed by atoms with Gasteiger partial charge in [0, 0.05) is 18.2 Å². The van der Waals surface area contributed by atoms with Crippen LogP contribution < -0.4 is 4.74 Å². The minimum Gasteiger partial charge on any atom is -0.476 e. The van der Waals surface area contributed by atoms with Gasteiger partial charge in [-0.1, -0.05) is 54.1 Å². The molecule has 1 aliphatic heterocycles. The number of aliphatic hydroxyl groups is 1. The Morgan fingerprint density at radius 1 is 1.07 bits per heavy atom. The van der Waals surface area contributed by atoms with Crippen molar-refractivity contribution in [2.24, 2.45) is 0 Å². The number of hydrogen-bond donors (Lipinski definition) is 1. The van der Waals surface area contributed by atoms with Crippen LogP contribution in [-0.2, 0) is 17.4 Å². The van der Waals surface area contributed by atoms with Gasteiger partial charge in [0.15, 0.2) is 11.2 Å². The van der Waals surface area contributed by atoms with Gasteiger partial charge >= 0.3 is 6.18 Å². The lowest BCUT2D eigenvalue weighted by Crippen LogP contribution is -2.48. The second kappa shape index (κ2) is 6.46. The van der Waals surface area contributed by atoms with Crippen LogP contribution in [0.15, 0.2) is 66.9 Å². The van der Waals surface area contributed by atoms with Crippen LogP contribution >= 0.6 is 11.6 Å². The van der Waals surface area contributed by atoms with Crippen molar-refractivity contribution in [3.63, 3.8) is 0 Å². The van der Waals surface area contributed by atoms with E-state index in [4.69, 9.17) is 16.3 Å². The molecule has 3 atom stereocenters. The highest BCUT2D eigenvalue weighted by molar-refractivity contribution is 6.30. The zero-order valence-corrected chi connectivity index (χ0v) is 16.4. The van der Waals surface area contributed by atoms with Crippen LogP contribution in [0.5, 0.6) is 5.75 Å². The molecule has 154 valence electrons. The van der Waals surface area contributed by atoms with E-state index in [0.717, 1.165) is 17.7 Å². The summed E-state index contributed by atoms with van der Waals surface area (Å²) in [5.74, 6) is 0.0685. The summed E-state index contributed by atoms with van der Waals surface area (Å²) in [4.78, 5) is 4.34. The molecule has 1 saturated carbocycles. The van der Waals surface area contributed by atoms with E-state index >= 15 is 0 Å². The molecule has 0 radical (unpaired) electrons. The summed E-state index contributed by atoms with van der Waals surface area (Å²) in [6.07, 6.45) is -2.06. The number of aromatic nitrogens is 1. The summed E-state index contributed by atoms with van der Waals surface area (Å²) in [7, 11) is 0. The van der Waals surface area contributed by atoms with E-state index in [9.17, 15) is 18.3 Å². The fourth-order valence-electron chi connectivity index (χ4n) is 4.96. The third-order valence-electron chi connectivity index (χ3n) is 6.23. The third kappa shape index (κ3) is 2.60. The lowest BCUT2D eigenvalue weighted by atomic mass is 9.72. The van der Waals surface area contributed by atoms with Gasteiger partial charge in [-0.3, -0.25) is 4.98 Å². The quantitative estimate of drug-likeness (QED) is 0.557. The third-order valence-corrected chi connectivity index (χ3v) is 6.43. The van der Waals surface area contributed by atoms with E-state index in [0.29, 0.717) is 34.9 Å². The summed E-state index contributed by atoms with van der Waals surface area (Å²) in [5, 5.41) is 12.2. The molecule has 1 aliphatic carbocycles. The molecule has 5 rings (SSSR count). The molecular formula is C23H17ClF3NO2. The van der Waals surface area contributed by atoms with Crippen molar-refractivity contribution in [3.8, 4) is 5.75 Å². The standard InChI is InChI=1S/C23H17ClF3NO2/c24-17-12-19-20(28-13-17)21(29)11-10-18(14-4-2-1-3-5-14)22(21,30-19)15-6-8-16(9-7-15)23(25,26)27/h1-9,12-13,18,29H,10-11H2. The van der Waals surface area contributed by atoms with E-state index in [1.165, 1.54) is 18.3 Å². The highest BCUT2D eigenvalue weighted by Crippen LogP contribution is 2.66. The number of rotatable bonds is 2. The molecule has 3 nitrogen and oxygen atoms in total. The maximum atomic E-state index is 13.1. The van der Waals surface area contributed by atoms with Gasteiger partial charge in [0.25, 0.3) is 0 Å². The van der Waals surface area contributed by atoms with Gasteiger partial charge in [0.05, 0.1) is 10.6 Å². The van der Waals surface area contributed by atoms with Crippen LogP contribution in [0.2, 0.25) is 5.02 Å². The number of hydrogen-bond acceptors (Lipinski definition) is 3. The Bertz CT molecular complexity index is 1100. The first-order valence-electron chi connectivity index (χ1n) is 9.56. The molecule has 7 heteroatoms. The molecule has 1 aromatic heterocycles. The predicted octanol–water partition coefficient (Wildman–Crippen LogP) is 5.81. The SMILES string of the molecule is OC12CCC(c3ccccc3)C1(c1ccc(C(F)(F)F)cc1)Oc1cc(Cl)cnc12. The normalized spacial score (nSPS) is 27.4. The predicted molar refractivity (Wildman–Crippen MR) is 105 cm³/mol. The van der Waals surface area contributed by atoms with Crippen molar-refractivity contribution in [3.05, 3.63) is 94.3 Å². The van der Waals surface area contributed by atoms with Gasteiger partial charge < -0.3 is 9.84 Å². The Kier molecular flexibility index (Phi) is 4.18. The van der Waals surface area contributed by atoms with E-state index in [1.807, 2.05) is 30.3 Å². The molecule has 0 saturated heterocycles. The summed E-state index contributed by atoms with van der Waals surface area (Å²) in [5.41, 5.74) is -1.78. The summed E-state index contributed by atoms with van der Waals surface area (Å²) < 4.78 is 45.8. The number of benzene rings is 2. The van der Waals surface area contributed by atoms with Crippen LogP contribution in [-0.4, -0.2) is 10.1 Å². The Hall–Kier alpha value is -2.57. The molecule has 3 unspecified atom stereocenters. The maximum absolute atomic E-state index is 13.1. The van der Waals surface area contributed by atoms with Gasteiger partial charge in [0.2, 0.25) is 0 Å². The summed E-state index contributed by atoms with van der Waals surface area (Å²) in [6, 6.07) is 16.0. The largest absolute Gasteiger partial charge is 0.476 e. The van der Waals surface area contributed by atoms with Crippen LogP contribution in [0.1, 0.15) is 41.1 Å². The molecule has 2 aliphatic rings. The smallest absolute Gasteiger partial charge is 0.416 e. The molecular weight excluding hydrogens is 415 g/mol. The molecule has 1 fully saturated rings. The van der Waals surface area contributed by atoms with Crippen LogP contribution in [0, 0.1) is 0 Å². The maximum Gasteiger partial charge on any atom is 0.416 e. The Balaban J connectivity index is 1.72. The number of fused-ring (bicyclic) bond motifs is 3. The summed E-state index contributed by atoms with van der Waals surface area (Å²) >= 11 is 6.09. The Morgan fingerprint density at radius 3 is 2.43 bits per heavy atom. The second-order valence-electron chi connectivity index (χ2n) is 7.78. The number of halogens is 4. The average molecular weight is 432 g/mol. The fourth-order valence-corrected chi connectivity index (χ4v) is 5.10. The number of nitrogens with zero attached hydrogens (tertiary/aromatic N) is 1. The van der Waals surface area contributed by atoms with Gasteiger partial charge in [-0.15, -0.1) is 0 Å². The van der Waals surface area contributed by atoms with E-state index in [-0.39, 0.29) is 5.92 Å². The first-order chi connectivity index (χ1) is 14.3. The lowest BCUT2D eigenvalue weighted by Gasteiger charge is -2.40. The molecule has 0 amide bonds. The molecule has 3 aromatic rings. The van der Waals surface area contributed by atoms with E-state index in [1.54, 1.807) is 6.07 Å². The summed E-state index contributed by atoms with van der Waals surface area (Å²) in [6.45, 7) is 0. The van der Waals surface area contributed by atoms with E-state index < -0.39 is 22.9 Å². The molecule has 0 bridgehead atoms. The first-order valence-corrected chi connectivity index (χ1v) is 9.93. The molecule has 1 N–H and O–H groups in total. The number of pyridine rings is 1. The molecule has 0 spiro atoms. The molecule has 2 aromatic carbocycles. The van der Waals surface area contributed by atoms with Crippen molar-refractivity contribution in [2.45, 2.75) is 36.1 Å². The van der Waals surface area contributed by atoms with Crippen molar-refractivity contribution >= 4 is 11.6 Å². The fraction of sp³-hybridized carbons (Fsp3) is 0.261. The topological polar surface area (TPSA) is 42.4 Å². The minimum atomic E-state index is -4.45. The number of alkyl halides is 3. The zero-order chi connectivity index (χ0) is 21.1. The van der Waals surface area contributed by atoms with Gasteiger partial charge in [0.1, 0.15) is 11.4 Å². The van der Waals surface area contributed by atoms with E-state index in [2.05, 4.69) is 4.98 Å². The van der Waals surface area contributed by atoms with Crippen molar-refractivity contribution in [1.82, 2.24) is 4.98 Å². The van der Waals surface area contributed by atoms with Crippen molar-refractivity contribution in [1.29, 1.82) is 0 Å². The highest BCUT2D eigenvalue weighted by Gasteiger charge is 2.69. The Morgan fingerprint density at radius 2 is 1.77 bits per heavy atom. The van der Waals surface area contributed by atoms with Crippen molar-refractivity contribution in [2.75, 3.05) is 0 Å². The first kappa shape index (κ1) is 19.4. The Labute approximate surface area is 176 Å². The lowest BCUT2D eigenvalue weighted by molar-refractivity contribution is -0.137. The molecule has 30 heavy (non-hydrogen) atoms. The highest BCUT2D eigenvalue weighted by atomic mass is 35.5. The van der Waals surface area contributed by atoms with Crippen molar-refractivity contribution < 1.29 is 23.0 Å². The monoisotopic (exact) mass is 431 g/mol. The van der Waals surface area contributed by atoms with Crippen LogP contribution in [0.4, 0.5) is 13.2 Å². The number of ether oxygens (including phenoxy) is 1. The van der Waals surface area contributed by atoms with Crippen LogP contribution in [0.3, 0.4) is 0 Å². The zero-order valence-electron chi connectivity index (χ0n) is 15.7. The second-order valence-corrected chi connectivity index (χ2v) is 8.21. The van der Waals surface area contributed by atoms with Gasteiger partial charge in [-0.2, -0.15) is 13.2 Å². The van der Waals surface area contributed by atoms with Crippen LogP contribution in [0.25, 0.3) is 0 Å². The molecule has 2 heterocycles. The average Bonchev–Trinajstić information content (AvgIpc) is 3.15. The van der Waals surface area contributed by atoms with Gasteiger partial charge in [-0.05, 0) is 36.1 Å².